The zero-order valence-electron chi connectivity index (χ0n) is 10.3. The summed E-state index contributed by atoms with van der Waals surface area (Å²) in [5, 5.41) is 7.69. The van der Waals surface area contributed by atoms with Gasteiger partial charge in [0.05, 0.1) is 5.69 Å². The number of nitrogens with zero attached hydrogens (tertiary/aromatic N) is 3. The first-order chi connectivity index (χ1) is 7.75. The zero-order valence-corrected chi connectivity index (χ0v) is 10.3. The summed E-state index contributed by atoms with van der Waals surface area (Å²) in [5.74, 6) is 0.812. The van der Waals surface area contributed by atoms with Crippen LogP contribution in [0.2, 0.25) is 0 Å². The van der Waals surface area contributed by atoms with Crippen molar-refractivity contribution >= 4 is 0 Å². The van der Waals surface area contributed by atoms with Gasteiger partial charge < -0.3 is 10.2 Å². The average Bonchev–Trinajstić information content (AvgIpc) is 2.65. The number of aromatic nitrogens is 2. The Bertz CT molecular complexity index is 321. The van der Waals surface area contributed by atoms with Crippen molar-refractivity contribution in [2.75, 3.05) is 26.7 Å². The summed E-state index contributed by atoms with van der Waals surface area (Å²) in [7, 11) is 4.21. The molecule has 1 aliphatic heterocycles. The second kappa shape index (κ2) is 5.46. The van der Waals surface area contributed by atoms with Crippen LogP contribution in [0.15, 0.2) is 12.3 Å². The Morgan fingerprint density at radius 3 is 3.06 bits per heavy atom. The molecule has 1 aromatic heterocycles. The summed E-state index contributed by atoms with van der Waals surface area (Å²) in [6, 6.07) is 2.07. The summed E-state index contributed by atoms with van der Waals surface area (Å²) in [5.41, 5.74) is 1.25. The van der Waals surface area contributed by atoms with Crippen LogP contribution in [-0.2, 0) is 13.6 Å². The first-order valence-corrected chi connectivity index (χ1v) is 6.12. The molecule has 0 spiro atoms. The third-order valence-electron chi connectivity index (χ3n) is 3.38. The standard InChI is InChI=1S/C12H22N4/c1-15-7-3-4-11(10-15)8-13-9-12-5-6-14-16(12)2/h5-6,11,13H,3-4,7-10H2,1-2H3. The fourth-order valence-electron chi connectivity index (χ4n) is 2.42. The largest absolute Gasteiger partial charge is 0.311 e. The SMILES string of the molecule is CN1CCCC(CNCc2ccnn2C)C1. The third kappa shape index (κ3) is 3.06. The molecule has 1 fully saturated rings. The van der Waals surface area contributed by atoms with E-state index in [0.717, 1.165) is 19.0 Å². The van der Waals surface area contributed by atoms with Crippen molar-refractivity contribution in [2.24, 2.45) is 13.0 Å². The van der Waals surface area contributed by atoms with Gasteiger partial charge in [0.25, 0.3) is 0 Å². The van der Waals surface area contributed by atoms with E-state index in [4.69, 9.17) is 0 Å². The van der Waals surface area contributed by atoms with Gasteiger partial charge in [-0.2, -0.15) is 5.10 Å². The van der Waals surface area contributed by atoms with Gasteiger partial charge in [0.15, 0.2) is 0 Å². The molecule has 1 aliphatic rings. The fourth-order valence-corrected chi connectivity index (χ4v) is 2.42. The summed E-state index contributed by atoms with van der Waals surface area (Å²) in [6.07, 6.45) is 4.56. The van der Waals surface area contributed by atoms with Gasteiger partial charge in [-0.3, -0.25) is 4.68 Å². The van der Waals surface area contributed by atoms with E-state index in [2.05, 4.69) is 28.4 Å². The van der Waals surface area contributed by atoms with Crippen LogP contribution < -0.4 is 5.32 Å². The number of likely N-dealkylation sites (tertiary alicyclic amines) is 1. The molecule has 2 heterocycles. The highest BCUT2D eigenvalue weighted by Gasteiger charge is 2.16. The van der Waals surface area contributed by atoms with Crippen LogP contribution >= 0.6 is 0 Å². The molecule has 1 aromatic rings. The monoisotopic (exact) mass is 222 g/mol. The van der Waals surface area contributed by atoms with Gasteiger partial charge in [-0.1, -0.05) is 0 Å². The van der Waals surface area contributed by atoms with Crippen LogP contribution in [0.1, 0.15) is 18.5 Å². The van der Waals surface area contributed by atoms with Crippen molar-refractivity contribution in [3.05, 3.63) is 18.0 Å². The van der Waals surface area contributed by atoms with Crippen LogP contribution in [0, 0.1) is 5.92 Å². The number of hydrogen-bond acceptors (Lipinski definition) is 3. The maximum atomic E-state index is 4.16. The number of hydrogen-bond donors (Lipinski definition) is 1. The topological polar surface area (TPSA) is 33.1 Å². The summed E-state index contributed by atoms with van der Waals surface area (Å²) < 4.78 is 1.93. The predicted octanol–water partition coefficient (Wildman–Crippen LogP) is 0.851. The maximum Gasteiger partial charge on any atom is 0.0518 e. The second-order valence-electron chi connectivity index (χ2n) is 4.85. The molecule has 0 radical (unpaired) electrons. The molecule has 4 nitrogen and oxygen atoms in total. The van der Waals surface area contributed by atoms with Gasteiger partial charge >= 0.3 is 0 Å². The van der Waals surface area contributed by atoms with Gasteiger partial charge in [-0.15, -0.1) is 0 Å². The third-order valence-corrected chi connectivity index (χ3v) is 3.38. The number of piperidine rings is 1. The lowest BCUT2D eigenvalue weighted by atomic mass is 9.98. The van der Waals surface area contributed by atoms with E-state index < -0.39 is 0 Å². The molecule has 0 aromatic carbocycles. The minimum atomic E-state index is 0.812. The molecule has 1 atom stereocenters. The highest BCUT2D eigenvalue weighted by atomic mass is 15.3. The van der Waals surface area contributed by atoms with Crippen LogP contribution in [0.4, 0.5) is 0 Å². The molecule has 1 N–H and O–H groups in total. The first-order valence-electron chi connectivity index (χ1n) is 6.12. The van der Waals surface area contributed by atoms with Gasteiger partial charge in [0.2, 0.25) is 0 Å². The summed E-state index contributed by atoms with van der Waals surface area (Å²) >= 11 is 0. The van der Waals surface area contributed by atoms with E-state index in [1.807, 2.05) is 17.9 Å². The Morgan fingerprint density at radius 1 is 1.50 bits per heavy atom. The van der Waals surface area contributed by atoms with Gasteiger partial charge in [0.1, 0.15) is 0 Å². The van der Waals surface area contributed by atoms with E-state index in [9.17, 15) is 0 Å². The molecule has 4 heteroatoms. The first kappa shape index (κ1) is 11.6. The minimum Gasteiger partial charge on any atom is -0.311 e. The number of rotatable bonds is 4. The van der Waals surface area contributed by atoms with Crippen molar-refractivity contribution in [3.63, 3.8) is 0 Å². The quantitative estimate of drug-likeness (QED) is 0.820. The van der Waals surface area contributed by atoms with Crippen LogP contribution in [0.5, 0.6) is 0 Å². The fraction of sp³-hybridized carbons (Fsp3) is 0.750. The Kier molecular flexibility index (Phi) is 3.96. The molecular weight excluding hydrogens is 200 g/mol. The van der Waals surface area contributed by atoms with Crippen molar-refractivity contribution < 1.29 is 0 Å². The highest BCUT2D eigenvalue weighted by Crippen LogP contribution is 2.13. The minimum absolute atomic E-state index is 0.812. The Morgan fingerprint density at radius 2 is 2.38 bits per heavy atom. The molecule has 1 saturated heterocycles. The van der Waals surface area contributed by atoms with Gasteiger partial charge in [-0.25, -0.2) is 0 Å². The molecule has 0 bridgehead atoms. The van der Waals surface area contributed by atoms with Crippen molar-refractivity contribution in [3.8, 4) is 0 Å². The summed E-state index contributed by atoms with van der Waals surface area (Å²) in [4.78, 5) is 2.43. The molecular formula is C12H22N4. The van der Waals surface area contributed by atoms with Crippen LogP contribution in [0.25, 0.3) is 0 Å². The van der Waals surface area contributed by atoms with E-state index in [1.54, 1.807) is 0 Å². The zero-order chi connectivity index (χ0) is 11.4. The van der Waals surface area contributed by atoms with Crippen LogP contribution in [-0.4, -0.2) is 41.4 Å². The number of aryl methyl sites for hydroxylation is 1. The smallest absolute Gasteiger partial charge is 0.0518 e. The Balaban J connectivity index is 1.70. The number of nitrogens with one attached hydrogen (secondary N) is 1. The van der Waals surface area contributed by atoms with Crippen LogP contribution in [0.3, 0.4) is 0 Å². The molecule has 0 saturated carbocycles. The Hall–Kier alpha value is -0.870. The Labute approximate surface area is 97.6 Å². The molecule has 2 rings (SSSR count). The van der Waals surface area contributed by atoms with E-state index in [0.29, 0.717) is 0 Å². The van der Waals surface area contributed by atoms with Gasteiger partial charge in [-0.05, 0) is 45.0 Å². The van der Waals surface area contributed by atoms with Gasteiger partial charge in [0, 0.05) is 26.3 Å². The lowest BCUT2D eigenvalue weighted by Gasteiger charge is -2.29. The molecule has 0 amide bonds. The molecule has 0 aliphatic carbocycles. The average molecular weight is 222 g/mol. The highest BCUT2D eigenvalue weighted by molar-refractivity contribution is 4.99. The lowest BCUT2D eigenvalue weighted by molar-refractivity contribution is 0.206. The van der Waals surface area contributed by atoms with E-state index >= 15 is 0 Å². The predicted molar refractivity (Wildman–Crippen MR) is 65.1 cm³/mol. The van der Waals surface area contributed by atoms with Crippen molar-refractivity contribution in [1.29, 1.82) is 0 Å². The van der Waals surface area contributed by atoms with E-state index in [-0.39, 0.29) is 0 Å². The molecule has 1 unspecified atom stereocenters. The normalized spacial score (nSPS) is 22.5. The lowest BCUT2D eigenvalue weighted by Crippen LogP contribution is -2.37. The van der Waals surface area contributed by atoms with Crippen molar-refractivity contribution in [1.82, 2.24) is 20.0 Å². The van der Waals surface area contributed by atoms with E-state index in [1.165, 1.54) is 31.6 Å². The molecule has 16 heavy (non-hydrogen) atoms. The summed E-state index contributed by atoms with van der Waals surface area (Å²) in [6.45, 7) is 4.54. The second-order valence-corrected chi connectivity index (χ2v) is 4.85. The molecule has 90 valence electrons. The maximum absolute atomic E-state index is 4.16. The van der Waals surface area contributed by atoms with Crippen molar-refractivity contribution in [2.45, 2.75) is 19.4 Å².